The van der Waals surface area contributed by atoms with E-state index >= 15 is 0 Å². The number of nitrogens with one attached hydrogen (secondary N) is 1. The van der Waals surface area contributed by atoms with Crippen LogP contribution in [0.3, 0.4) is 0 Å². The molecule has 1 aromatic heterocycles. The van der Waals surface area contributed by atoms with E-state index in [1.54, 1.807) is 31.4 Å². The first kappa shape index (κ1) is 16.4. The van der Waals surface area contributed by atoms with E-state index in [-0.39, 0.29) is 5.91 Å². The summed E-state index contributed by atoms with van der Waals surface area (Å²) >= 11 is 19.6. The van der Waals surface area contributed by atoms with Crippen LogP contribution in [-0.2, 0) is 0 Å². The zero-order valence-corrected chi connectivity index (χ0v) is 14.9. The largest absolute Gasteiger partial charge is 0.497 e. The summed E-state index contributed by atoms with van der Waals surface area (Å²) in [6, 6.07) is 10.3. The van der Waals surface area contributed by atoms with Gasteiger partial charge in [0.1, 0.15) is 10.6 Å². The predicted octanol–water partition coefficient (Wildman–Crippen LogP) is 6.12. The lowest BCUT2D eigenvalue weighted by molar-refractivity contribution is 0.103. The number of ether oxygens (including phenoxy) is 1. The molecule has 0 aliphatic heterocycles. The Morgan fingerprint density at radius 1 is 1.13 bits per heavy atom. The molecule has 1 amide bonds. The number of carbonyl (C=O) groups excluding carboxylic acids is 1. The van der Waals surface area contributed by atoms with E-state index in [9.17, 15) is 4.79 Å². The maximum absolute atomic E-state index is 12.5. The number of thiophene rings is 1. The van der Waals surface area contributed by atoms with Gasteiger partial charge >= 0.3 is 0 Å². The highest BCUT2D eigenvalue weighted by Gasteiger charge is 2.18. The summed E-state index contributed by atoms with van der Waals surface area (Å²) in [5.41, 5.74) is 0.440. The number of hydrogen-bond donors (Lipinski definition) is 1. The van der Waals surface area contributed by atoms with Crippen molar-refractivity contribution in [3.63, 3.8) is 0 Å². The van der Waals surface area contributed by atoms with Gasteiger partial charge in [-0.25, -0.2) is 0 Å². The molecule has 0 saturated heterocycles. The third kappa shape index (κ3) is 3.26. The summed E-state index contributed by atoms with van der Waals surface area (Å²) in [4.78, 5) is 12.9. The molecule has 0 radical (unpaired) electrons. The standard InChI is InChI=1S/C16H10Cl3NO2S/c1-22-9-3-4-10-13(7-9)23-15(14(10)19)16(21)20-12-6-8(17)2-5-11(12)18/h2-7H,1H3,(H,20,21). The van der Waals surface area contributed by atoms with Crippen LogP contribution in [0.5, 0.6) is 5.75 Å². The van der Waals surface area contributed by atoms with Gasteiger partial charge in [0.2, 0.25) is 0 Å². The van der Waals surface area contributed by atoms with Gasteiger partial charge in [0, 0.05) is 15.1 Å². The normalized spacial score (nSPS) is 10.8. The summed E-state index contributed by atoms with van der Waals surface area (Å²) in [5.74, 6) is 0.375. The van der Waals surface area contributed by atoms with Crippen molar-refractivity contribution < 1.29 is 9.53 Å². The summed E-state index contributed by atoms with van der Waals surface area (Å²) in [5, 5.41) is 4.84. The number of halogens is 3. The molecule has 0 bridgehead atoms. The van der Waals surface area contributed by atoms with Crippen molar-refractivity contribution >= 4 is 67.8 Å². The van der Waals surface area contributed by atoms with Crippen LogP contribution in [0.25, 0.3) is 10.1 Å². The molecule has 0 aliphatic carbocycles. The minimum absolute atomic E-state index is 0.334. The molecule has 2 aromatic carbocycles. The number of benzene rings is 2. The summed E-state index contributed by atoms with van der Waals surface area (Å²) in [7, 11) is 1.59. The van der Waals surface area contributed by atoms with Crippen LogP contribution in [-0.4, -0.2) is 13.0 Å². The summed E-state index contributed by atoms with van der Waals surface area (Å²) in [6.45, 7) is 0. The molecule has 118 valence electrons. The van der Waals surface area contributed by atoms with Gasteiger partial charge in [-0.15, -0.1) is 11.3 Å². The summed E-state index contributed by atoms with van der Waals surface area (Å²) in [6.07, 6.45) is 0. The molecule has 0 fully saturated rings. The van der Waals surface area contributed by atoms with E-state index in [0.717, 1.165) is 10.1 Å². The lowest BCUT2D eigenvalue weighted by Crippen LogP contribution is -2.11. The topological polar surface area (TPSA) is 38.3 Å². The van der Waals surface area contributed by atoms with E-state index in [4.69, 9.17) is 39.5 Å². The molecule has 0 unspecified atom stereocenters. The molecule has 3 rings (SSSR count). The van der Waals surface area contributed by atoms with Crippen molar-refractivity contribution in [3.05, 3.63) is 56.3 Å². The Morgan fingerprint density at radius 3 is 2.65 bits per heavy atom. The second-order valence-electron chi connectivity index (χ2n) is 4.69. The van der Waals surface area contributed by atoms with Gasteiger partial charge in [-0.2, -0.15) is 0 Å². The van der Waals surface area contributed by atoms with Crippen LogP contribution in [0.1, 0.15) is 9.67 Å². The highest BCUT2D eigenvalue weighted by atomic mass is 35.5. The van der Waals surface area contributed by atoms with Crippen LogP contribution in [0.15, 0.2) is 36.4 Å². The molecule has 0 aliphatic rings. The van der Waals surface area contributed by atoms with Crippen LogP contribution < -0.4 is 10.1 Å². The van der Waals surface area contributed by atoms with E-state index < -0.39 is 0 Å². The van der Waals surface area contributed by atoms with Crippen molar-refractivity contribution in [3.8, 4) is 5.75 Å². The lowest BCUT2D eigenvalue weighted by Gasteiger charge is -2.06. The number of anilines is 1. The molecule has 3 aromatic rings. The average Bonchev–Trinajstić information content (AvgIpc) is 2.87. The second kappa shape index (κ2) is 6.57. The van der Waals surface area contributed by atoms with Crippen LogP contribution in [0.2, 0.25) is 15.1 Å². The van der Waals surface area contributed by atoms with E-state index in [2.05, 4.69) is 5.32 Å². The first-order chi connectivity index (χ1) is 11.0. The fourth-order valence-corrected chi connectivity index (χ4v) is 3.87. The SMILES string of the molecule is COc1ccc2c(Cl)c(C(=O)Nc3cc(Cl)ccc3Cl)sc2c1. The number of carbonyl (C=O) groups is 1. The smallest absolute Gasteiger partial charge is 0.267 e. The molecule has 23 heavy (non-hydrogen) atoms. The van der Waals surface area contributed by atoms with Crippen molar-refractivity contribution in [2.45, 2.75) is 0 Å². The monoisotopic (exact) mass is 385 g/mol. The minimum Gasteiger partial charge on any atom is -0.497 e. The Hall–Kier alpha value is -1.46. The van der Waals surface area contributed by atoms with Crippen molar-refractivity contribution in [1.29, 1.82) is 0 Å². The Labute approximate surface area is 151 Å². The molecular weight excluding hydrogens is 377 g/mol. The molecule has 0 spiro atoms. The van der Waals surface area contributed by atoms with Crippen LogP contribution in [0.4, 0.5) is 5.69 Å². The van der Waals surface area contributed by atoms with Crippen molar-refractivity contribution in [1.82, 2.24) is 0 Å². The third-order valence-corrected chi connectivity index (χ3v) is 5.44. The number of fused-ring (bicyclic) bond motifs is 1. The number of rotatable bonds is 3. The van der Waals surface area contributed by atoms with Gasteiger partial charge in [-0.3, -0.25) is 4.79 Å². The van der Waals surface area contributed by atoms with E-state index in [1.807, 2.05) is 12.1 Å². The van der Waals surface area contributed by atoms with Gasteiger partial charge in [0.15, 0.2) is 0 Å². The Kier molecular flexibility index (Phi) is 4.69. The number of hydrogen-bond acceptors (Lipinski definition) is 3. The lowest BCUT2D eigenvalue weighted by atomic mass is 10.2. The minimum atomic E-state index is -0.334. The van der Waals surface area contributed by atoms with Crippen LogP contribution >= 0.6 is 46.1 Å². The molecular formula is C16H10Cl3NO2S. The second-order valence-corrected chi connectivity index (χ2v) is 6.96. The average molecular weight is 387 g/mol. The third-order valence-electron chi connectivity index (χ3n) is 3.22. The summed E-state index contributed by atoms with van der Waals surface area (Å²) < 4.78 is 6.06. The van der Waals surface area contributed by atoms with Gasteiger partial charge < -0.3 is 10.1 Å². The fourth-order valence-electron chi connectivity index (χ4n) is 2.09. The first-order valence-corrected chi connectivity index (χ1v) is 8.47. The Balaban J connectivity index is 1.97. The Bertz CT molecular complexity index is 908. The van der Waals surface area contributed by atoms with Crippen molar-refractivity contribution in [2.24, 2.45) is 0 Å². The molecule has 0 saturated carbocycles. The maximum Gasteiger partial charge on any atom is 0.267 e. The highest BCUT2D eigenvalue weighted by molar-refractivity contribution is 7.21. The first-order valence-electron chi connectivity index (χ1n) is 6.52. The number of methoxy groups -OCH3 is 1. The predicted molar refractivity (Wildman–Crippen MR) is 97.8 cm³/mol. The van der Waals surface area contributed by atoms with Crippen LogP contribution in [0, 0.1) is 0 Å². The van der Waals surface area contributed by atoms with Gasteiger partial charge in [0.05, 0.1) is 22.8 Å². The molecule has 3 nitrogen and oxygen atoms in total. The zero-order chi connectivity index (χ0) is 16.6. The van der Waals surface area contributed by atoms with Crippen molar-refractivity contribution in [2.75, 3.05) is 12.4 Å². The zero-order valence-electron chi connectivity index (χ0n) is 11.8. The number of amides is 1. The quantitative estimate of drug-likeness (QED) is 0.588. The van der Waals surface area contributed by atoms with Gasteiger partial charge in [-0.1, -0.05) is 34.8 Å². The van der Waals surface area contributed by atoms with E-state index in [1.165, 1.54) is 11.3 Å². The van der Waals surface area contributed by atoms with Gasteiger partial charge in [-0.05, 0) is 36.4 Å². The van der Waals surface area contributed by atoms with E-state index in [0.29, 0.717) is 31.4 Å². The molecule has 0 atom stereocenters. The highest BCUT2D eigenvalue weighted by Crippen LogP contribution is 2.38. The fraction of sp³-hybridized carbons (Fsp3) is 0.0625. The molecule has 1 N–H and O–H groups in total. The maximum atomic E-state index is 12.5. The van der Waals surface area contributed by atoms with Gasteiger partial charge in [0.25, 0.3) is 5.91 Å². The Morgan fingerprint density at radius 2 is 1.91 bits per heavy atom. The molecule has 7 heteroatoms. The molecule has 1 heterocycles.